The summed E-state index contributed by atoms with van der Waals surface area (Å²) in [5.74, 6) is 0. The molecule has 0 N–H and O–H groups in total. The van der Waals surface area contributed by atoms with Gasteiger partial charge in [0.2, 0.25) is 0 Å². The summed E-state index contributed by atoms with van der Waals surface area (Å²) in [6.07, 6.45) is 6.13. The van der Waals surface area contributed by atoms with Gasteiger partial charge in [-0.3, -0.25) is 10.1 Å². The van der Waals surface area contributed by atoms with E-state index >= 15 is 0 Å². The van der Waals surface area contributed by atoms with E-state index in [-0.39, 0.29) is 10.6 Å². The molecule has 6 heteroatoms. The molecule has 1 aliphatic rings. The molecular weight excluding hydrogens is 298 g/mol. The molecule has 1 fully saturated rings. The van der Waals surface area contributed by atoms with Crippen LogP contribution in [0, 0.1) is 17.0 Å². The van der Waals surface area contributed by atoms with E-state index in [9.17, 15) is 10.1 Å². The summed E-state index contributed by atoms with van der Waals surface area (Å²) in [5.41, 5.74) is 1.68. The highest BCUT2D eigenvalue weighted by Gasteiger charge is 2.19. The van der Waals surface area contributed by atoms with Gasteiger partial charge in [0.15, 0.2) is 4.80 Å². The van der Waals surface area contributed by atoms with Crippen LogP contribution in [0.5, 0.6) is 0 Å². The summed E-state index contributed by atoms with van der Waals surface area (Å²) >= 11 is 1.56. The summed E-state index contributed by atoms with van der Waals surface area (Å²) < 4.78 is 2.26. The molecular formula is C16H19N3O2S. The van der Waals surface area contributed by atoms with Crippen LogP contribution in [0.4, 0.5) is 11.4 Å². The normalized spacial score (nSPS) is 16.9. The lowest BCUT2D eigenvalue weighted by Gasteiger charge is -2.24. The number of benzene rings is 1. The molecule has 1 aromatic heterocycles. The zero-order chi connectivity index (χ0) is 15.5. The Bertz CT molecular complexity index is 742. The van der Waals surface area contributed by atoms with E-state index in [1.165, 1.54) is 43.9 Å². The molecule has 0 amide bonds. The van der Waals surface area contributed by atoms with E-state index in [0.717, 1.165) is 4.80 Å². The molecule has 1 aliphatic carbocycles. The SMILES string of the molecule is Cc1csc(=Nc2ccccc2[N+](=O)[O-])n1C1CCCCC1. The van der Waals surface area contributed by atoms with Crippen molar-refractivity contribution >= 4 is 22.7 Å². The Morgan fingerprint density at radius 1 is 1.27 bits per heavy atom. The fourth-order valence-electron chi connectivity index (χ4n) is 3.08. The highest BCUT2D eigenvalue weighted by Crippen LogP contribution is 2.30. The number of hydrogen-bond acceptors (Lipinski definition) is 4. The van der Waals surface area contributed by atoms with Crippen LogP contribution < -0.4 is 4.80 Å². The Kier molecular flexibility index (Phi) is 4.38. The van der Waals surface area contributed by atoms with Crippen molar-refractivity contribution in [3.05, 3.63) is 50.3 Å². The molecule has 1 heterocycles. The minimum atomic E-state index is -0.371. The number of hydrogen-bond donors (Lipinski definition) is 0. The molecule has 0 atom stereocenters. The van der Waals surface area contributed by atoms with E-state index in [1.54, 1.807) is 29.5 Å². The highest BCUT2D eigenvalue weighted by molar-refractivity contribution is 7.07. The predicted octanol–water partition coefficient (Wildman–Crippen LogP) is 4.50. The molecule has 0 spiro atoms. The molecule has 0 saturated heterocycles. The molecule has 116 valence electrons. The lowest BCUT2D eigenvalue weighted by molar-refractivity contribution is -0.384. The van der Waals surface area contributed by atoms with Gasteiger partial charge in [-0.15, -0.1) is 11.3 Å². The second-order valence-corrected chi connectivity index (χ2v) is 6.52. The van der Waals surface area contributed by atoms with Gasteiger partial charge < -0.3 is 4.57 Å². The first-order valence-corrected chi connectivity index (χ1v) is 8.49. The van der Waals surface area contributed by atoms with E-state index in [2.05, 4.69) is 21.9 Å². The van der Waals surface area contributed by atoms with Gasteiger partial charge in [0.25, 0.3) is 5.69 Å². The summed E-state index contributed by atoms with van der Waals surface area (Å²) in [4.78, 5) is 16.2. The van der Waals surface area contributed by atoms with Gasteiger partial charge >= 0.3 is 0 Å². The zero-order valence-electron chi connectivity index (χ0n) is 12.6. The molecule has 1 aromatic carbocycles. The smallest absolute Gasteiger partial charge is 0.294 e. The van der Waals surface area contributed by atoms with Crippen LogP contribution in [0.3, 0.4) is 0 Å². The summed E-state index contributed by atoms with van der Waals surface area (Å²) in [6.45, 7) is 2.09. The molecule has 2 aromatic rings. The molecule has 0 unspecified atom stereocenters. The number of nitrogens with zero attached hydrogens (tertiary/aromatic N) is 3. The van der Waals surface area contributed by atoms with Crippen molar-refractivity contribution in [2.45, 2.75) is 45.1 Å². The van der Waals surface area contributed by atoms with Gasteiger partial charge in [-0.25, -0.2) is 4.99 Å². The van der Waals surface area contributed by atoms with Gasteiger partial charge in [0.1, 0.15) is 5.69 Å². The number of thiazole rings is 1. The minimum absolute atomic E-state index is 0.0590. The molecule has 1 saturated carbocycles. The maximum absolute atomic E-state index is 11.1. The quantitative estimate of drug-likeness (QED) is 0.618. The van der Waals surface area contributed by atoms with E-state index in [0.29, 0.717) is 11.7 Å². The Balaban J connectivity index is 2.07. The predicted molar refractivity (Wildman–Crippen MR) is 87.5 cm³/mol. The second-order valence-electron chi connectivity index (χ2n) is 5.68. The topological polar surface area (TPSA) is 60.4 Å². The molecule has 5 nitrogen and oxygen atoms in total. The van der Waals surface area contributed by atoms with Crippen molar-refractivity contribution in [2.24, 2.45) is 4.99 Å². The van der Waals surface area contributed by atoms with Crippen LogP contribution in [0.2, 0.25) is 0 Å². The van der Waals surface area contributed by atoms with E-state index in [4.69, 9.17) is 0 Å². The van der Waals surface area contributed by atoms with Crippen LogP contribution in [-0.2, 0) is 0 Å². The first-order chi connectivity index (χ1) is 10.7. The Labute approximate surface area is 133 Å². The fraction of sp³-hybridized carbons (Fsp3) is 0.438. The van der Waals surface area contributed by atoms with Crippen molar-refractivity contribution in [1.82, 2.24) is 4.57 Å². The van der Waals surface area contributed by atoms with Crippen LogP contribution >= 0.6 is 11.3 Å². The molecule has 22 heavy (non-hydrogen) atoms. The third kappa shape index (κ3) is 2.97. The first-order valence-electron chi connectivity index (χ1n) is 7.61. The van der Waals surface area contributed by atoms with Crippen LogP contribution in [0.1, 0.15) is 43.8 Å². The Morgan fingerprint density at radius 3 is 2.73 bits per heavy atom. The van der Waals surface area contributed by atoms with Gasteiger partial charge in [-0.1, -0.05) is 31.4 Å². The van der Waals surface area contributed by atoms with Crippen LogP contribution in [0.15, 0.2) is 34.6 Å². The van der Waals surface area contributed by atoms with Gasteiger partial charge in [0, 0.05) is 23.2 Å². The van der Waals surface area contributed by atoms with E-state index in [1.807, 2.05) is 0 Å². The lowest BCUT2D eigenvalue weighted by atomic mass is 9.95. The number of aromatic nitrogens is 1. The number of para-hydroxylation sites is 2. The Morgan fingerprint density at radius 2 is 2.00 bits per heavy atom. The van der Waals surface area contributed by atoms with Crippen molar-refractivity contribution in [3.63, 3.8) is 0 Å². The van der Waals surface area contributed by atoms with E-state index < -0.39 is 0 Å². The monoisotopic (exact) mass is 317 g/mol. The first kappa shape index (κ1) is 15.0. The maximum atomic E-state index is 11.1. The average Bonchev–Trinajstić information content (AvgIpc) is 2.89. The van der Waals surface area contributed by atoms with Gasteiger partial charge in [-0.2, -0.15) is 0 Å². The number of nitro benzene ring substituents is 1. The van der Waals surface area contributed by atoms with Gasteiger partial charge in [-0.05, 0) is 25.8 Å². The summed E-state index contributed by atoms with van der Waals surface area (Å²) in [7, 11) is 0. The van der Waals surface area contributed by atoms with Crippen molar-refractivity contribution in [1.29, 1.82) is 0 Å². The lowest BCUT2D eigenvalue weighted by Crippen LogP contribution is -2.23. The molecule has 0 bridgehead atoms. The number of nitro groups is 1. The van der Waals surface area contributed by atoms with Gasteiger partial charge in [0.05, 0.1) is 4.92 Å². The van der Waals surface area contributed by atoms with Crippen molar-refractivity contribution in [2.75, 3.05) is 0 Å². The average molecular weight is 317 g/mol. The third-order valence-electron chi connectivity index (χ3n) is 4.16. The summed E-state index contributed by atoms with van der Waals surface area (Å²) in [6, 6.07) is 7.15. The Hall–Kier alpha value is -1.95. The maximum Gasteiger partial charge on any atom is 0.294 e. The molecule has 3 rings (SSSR count). The van der Waals surface area contributed by atoms with Crippen LogP contribution in [0.25, 0.3) is 0 Å². The standard InChI is InChI=1S/C16H19N3O2S/c1-12-11-22-16(18(12)13-7-3-2-4-8-13)17-14-9-5-6-10-15(14)19(20)21/h5-6,9-11,13H,2-4,7-8H2,1H3. The minimum Gasteiger partial charge on any atom is -0.318 e. The molecule has 0 aliphatic heterocycles. The summed E-state index contributed by atoms with van der Waals surface area (Å²) in [5, 5.41) is 13.2. The van der Waals surface area contributed by atoms with Crippen molar-refractivity contribution in [3.8, 4) is 0 Å². The number of rotatable bonds is 3. The second kappa shape index (κ2) is 6.44. The van der Waals surface area contributed by atoms with Crippen LogP contribution in [-0.4, -0.2) is 9.49 Å². The molecule has 0 radical (unpaired) electrons. The zero-order valence-corrected chi connectivity index (χ0v) is 13.4. The number of aryl methyl sites for hydroxylation is 1. The fourth-order valence-corrected chi connectivity index (χ4v) is 4.03. The van der Waals surface area contributed by atoms with Crippen molar-refractivity contribution < 1.29 is 4.92 Å². The third-order valence-corrected chi connectivity index (χ3v) is 5.11. The highest BCUT2D eigenvalue weighted by atomic mass is 32.1. The largest absolute Gasteiger partial charge is 0.318 e.